The molecule has 1 aromatic carbocycles. The van der Waals surface area contributed by atoms with Crippen LogP contribution in [0.4, 0.5) is 31.3 Å². The summed E-state index contributed by atoms with van der Waals surface area (Å²) in [4.78, 5) is 9.97. The van der Waals surface area contributed by atoms with Crippen molar-refractivity contribution in [2.75, 3.05) is 7.11 Å². The van der Waals surface area contributed by atoms with Gasteiger partial charge in [-0.05, 0) is 49.1 Å². The molecule has 0 bridgehead atoms. The van der Waals surface area contributed by atoms with Gasteiger partial charge in [0, 0.05) is 44.6 Å². The van der Waals surface area contributed by atoms with Crippen LogP contribution in [0, 0.1) is 10.1 Å². The second-order valence-corrected chi connectivity index (χ2v) is 13.6. The van der Waals surface area contributed by atoms with E-state index in [4.69, 9.17) is 4.74 Å². The first-order valence-electron chi connectivity index (χ1n) is 11.9. The van der Waals surface area contributed by atoms with E-state index >= 15 is 26.3 Å². The van der Waals surface area contributed by atoms with Crippen LogP contribution in [0.1, 0.15) is 31.2 Å². The Morgan fingerprint density at radius 2 is 1.38 bits per heavy atom. The third-order valence-corrected chi connectivity index (χ3v) is 12.7. The van der Waals surface area contributed by atoms with Gasteiger partial charge in [0.25, 0.3) is 0 Å². The van der Waals surface area contributed by atoms with Gasteiger partial charge in [0.15, 0.2) is 4.93 Å². The first-order valence-corrected chi connectivity index (χ1v) is 14.3. The highest BCUT2D eigenvalue weighted by Gasteiger charge is 2.85. The minimum absolute atomic E-state index is 0.0379. The summed E-state index contributed by atoms with van der Waals surface area (Å²) in [5.74, 6) is -16.1. The lowest BCUT2D eigenvalue weighted by Crippen LogP contribution is -2.53. The Morgan fingerprint density at radius 1 is 0.800 bits per heavy atom. The zero-order chi connectivity index (χ0) is 29.2. The lowest BCUT2D eigenvalue weighted by Gasteiger charge is -2.48. The molecule has 1 aromatic heterocycles. The third kappa shape index (κ3) is 3.01. The Kier molecular flexibility index (Phi) is 5.74. The van der Waals surface area contributed by atoms with Crippen molar-refractivity contribution in [3.8, 4) is 0 Å². The second-order valence-electron chi connectivity index (χ2n) is 9.95. The fourth-order valence-electron chi connectivity index (χ4n) is 6.16. The van der Waals surface area contributed by atoms with Crippen LogP contribution in [-0.2, 0) is 4.74 Å². The number of ether oxygens (including phenoxy) is 1. The van der Waals surface area contributed by atoms with E-state index in [9.17, 15) is 10.1 Å². The fourth-order valence-corrected chi connectivity index (χ4v) is 10.5. The topological polar surface area (TPSA) is 52.4 Å². The number of hydrogen-bond donors (Lipinski definition) is 0. The van der Waals surface area contributed by atoms with Crippen molar-refractivity contribution in [2.24, 2.45) is 0 Å². The van der Waals surface area contributed by atoms with Crippen molar-refractivity contribution in [3.63, 3.8) is 0 Å². The van der Waals surface area contributed by atoms with Crippen LogP contribution in [0.25, 0.3) is 9.81 Å². The Bertz CT molecular complexity index is 1640. The van der Waals surface area contributed by atoms with Gasteiger partial charge in [-0.1, -0.05) is 53.4 Å². The minimum atomic E-state index is -5.70. The Labute approximate surface area is 237 Å². The summed E-state index contributed by atoms with van der Waals surface area (Å²) in [6.07, 6.45) is 0. The Hall–Kier alpha value is -2.48. The smallest absolute Gasteiger partial charge is 0.361 e. The van der Waals surface area contributed by atoms with E-state index in [1.165, 1.54) is 33.1 Å². The highest BCUT2D eigenvalue weighted by molar-refractivity contribution is 8.14. The highest BCUT2D eigenvalue weighted by Crippen LogP contribution is 2.77. The van der Waals surface area contributed by atoms with Gasteiger partial charge in [-0.2, -0.15) is 26.3 Å². The van der Waals surface area contributed by atoms with E-state index in [0.29, 0.717) is 15.3 Å². The number of alkyl halides is 6. The number of rotatable bonds is 4. The van der Waals surface area contributed by atoms with Crippen LogP contribution in [0.5, 0.6) is 0 Å². The molecule has 2 aromatic rings. The molecule has 0 N–H and O–H groups in total. The predicted octanol–water partition coefficient (Wildman–Crippen LogP) is 8.94. The van der Waals surface area contributed by atoms with Crippen molar-refractivity contribution in [1.82, 2.24) is 0 Å². The number of benzene rings is 1. The molecule has 210 valence electrons. The van der Waals surface area contributed by atoms with Crippen LogP contribution >= 0.6 is 34.9 Å². The number of allylic oxidation sites excluding steroid dienone is 3. The summed E-state index contributed by atoms with van der Waals surface area (Å²) < 4.78 is 97.5. The number of thioether (sulfide) groups is 2. The number of nitro groups is 1. The van der Waals surface area contributed by atoms with Crippen LogP contribution < -0.4 is 0 Å². The molecule has 4 nitrogen and oxygen atoms in total. The zero-order valence-electron chi connectivity index (χ0n) is 21.2. The van der Waals surface area contributed by atoms with Crippen molar-refractivity contribution in [2.45, 2.75) is 48.2 Å². The summed E-state index contributed by atoms with van der Waals surface area (Å²) in [6.45, 7) is 4.40. The molecular formula is C27H19F6NO3S3. The molecule has 2 aliphatic heterocycles. The van der Waals surface area contributed by atoms with Gasteiger partial charge in [-0.25, -0.2) is 0 Å². The van der Waals surface area contributed by atoms with Crippen LogP contribution in [-0.4, -0.2) is 39.5 Å². The van der Waals surface area contributed by atoms with Crippen LogP contribution in [0.2, 0.25) is 0 Å². The lowest BCUT2D eigenvalue weighted by atomic mass is 9.72. The normalized spacial score (nSPS) is 29.8. The number of nitrogens with zero attached hydrogens (tertiary/aromatic N) is 1. The fraction of sp³-hybridized carbons (Fsp3) is 0.333. The van der Waals surface area contributed by atoms with E-state index < -0.39 is 49.1 Å². The van der Waals surface area contributed by atoms with Crippen LogP contribution in [0.3, 0.4) is 0 Å². The SMILES string of the molecule is CO[C@]12SC(c3ccc([N+](=O)[O-])s3)=C(C)C1=C1C(=C3C(C)=C(c4ccccc4)S[C@@]32C)C(F)(F)C(F)(F)C1(F)F. The molecule has 1 saturated carbocycles. The lowest BCUT2D eigenvalue weighted by molar-refractivity contribution is -0.380. The van der Waals surface area contributed by atoms with Gasteiger partial charge in [0.05, 0.1) is 9.67 Å². The van der Waals surface area contributed by atoms with E-state index in [2.05, 4.69) is 0 Å². The molecule has 40 heavy (non-hydrogen) atoms. The van der Waals surface area contributed by atoms with Gasteiger partial charge >= 0.3 is 22.8 Å². The summed E-state index contributed by atoms with van der Waals surface area (Å²) >= 11 is 2.81. The Balaban J connectivity index is 1.73. The molecule has 1 fully saturated rings. The molecule has 4 aliphatic rings. The Morgan fingerprint density at radius 3 is 1.93 bits per heavy atom. The number of hydrogen-bond acceptors (Lipinski definition) is 6. The monoisotopic (exact) mass is 615 g/mol. The van der Waals surface area contributed by atoms with Gasteiger partial charge in [-0.3, -0.25) is 10.1 Å². The maximum absolute atomic E-state index is 15.7. The third-order valence-electron chi connectivity index (χ3n) is 7.90. The van der Waals surface area contributed by atoms with Gasteiger partial charge in [0.1, 0.15) is 0 Å². The molecule has 13 heteroatoms. The average Bonchev–Trinajstić information content (AvgIpc) is 3.59. The van der Waals surface area contributed by atoms with Crippen molar-refractivity contribution in [3.05, 3.63) is 96.5 Å². The van der Waals surface area contributed by atoms with E-state index in [1.807, 2.05) is 0 Å². The number of halogens is 6. The van der Waals surface area contributed by atoms with E-state index in [0.717, 1.165) is 34.9 Å². The molecule has 2 aliphatic carbocycles. The summed E-state index contributed by atoms with van der Waals surface area (Å²) in [5, 5.41) is 11.1. The van der Waals surface area contributed by atoms with Gasteiger partial charge in [-0.15, -0.1) is 11.8 Å². The van der Waals surface area contributed by atoms with Gasteiger partial charge in [0.2, 0.25) is 0 Å². The van der Waals surface area contributed by atoms with Crippen molar-refractivity contribution < 1.29 is 36.0 Å². The minimum Gasteiger partial charge on any atom is -0.361 e. The molecule has 0 amide bonds. The molecule has 0 unspecified atom stereocenters. The maximum atomic E-state index is 15.7. The van der Waals surface area contributed by atoms with Crippen molar-refractivity contribution >= 4 is 49.7 Å². The maximum Gasteiger partial charge on any atom is 0.380 e. The highest BCUT2D eigenvalue weighted by atomic mass is 32.2. The quantitative estimate of drug-likeness (QED) is 0.195. The number of methoxy groups -OCH3 is 1. The van der Waals surface area contributed by atoms with E-state index in [-0.39, 0.29) is 26.6 Å². The zero-order valence-corrected chi connectivity index (χ0v) is 23.7. The number of fused-ring (bicyclic) bond motifs is 4. The molecule has 2 atom stereocenters. The summed E-state index contributed by atoms with van der Waals surface area (Å²) in [7, 11) is 1.23. The van der Waals surface area contributed by atoms with Gasteiger partial charge < -0.3 is 4.74 Å². The van der Waals surface area contributed by atoms with E-state index in [1.54, 1.807) is 37.3 Å². The number of thiophene rings is 1. The van der Waals surface area contributed by atoms with Crippen LogP contribution in [0.15, 0.2) is 75.9 Å². The largest absolute Gasteiger partial charge is 0.380 e. The standard InChI is InChI=1S/C27H19F6NO3S3/c1-12-17-19-20(25(30,31)27(32,33)24(19,28)29)18-13(2)22(15-10-11-16(38-15)34(35)36)40-26(18,37-4)23(17,3)39-21(12)14-8-6-5-7-9-14/h5-11H,1-4H3/t23-,26-/m0/s1. The molecule has 0 saturated heterocycles. The molecule has 0 radical (unpaired) electrons. The molecule has 3 heterocycles. The average molecular weight is 616 g/mol. The first-order chi connectivity index (χ1) is 18.6. The predicted molar refractivity (Wildman–Crippen MR) is 145 cm³/mol. The summed E-state index contributed by atoms with van der Waals surface area (Å²) in [5.41, 5.74) is -2.71. The molecule has 0 spiro atoms. The summed E-state index contributed by atoms with van der Waals surface area (Å²) in [6, 6.07) is 11.3. The first kappa shape index (κ1) is 27.7. The molecule has 6 rings (SSSR count). The molecular weight excluding hydrogens is 596 g/mol. The van der Waals surface area contributed by atoms with Crippen molar-refractivity contribution in [1.29, 1.82) is 0 Å². The second kappa shape index (κ2) is 8.30.